The van der Waals surface area contributed by atoms with Crippen LogP contribution in [-0.2, 0) is 0 Å². The van der Waals surface area contributed by atoms with Crippen LogP contribution in [0.4, 0.5) is 0 Å². The Morgan fingerprint density at radius 2 is 2.35 bits per heavy atom. The molecule has 0 radical (unpaired) electrons. The normalized spacial score (nSPS) is 21.6. The molecule has 2 rings (SSSR count). The lowest BCUT2D eigenvalue weighted by Crippen LogP contribution is -2.31. The lowest BCUT2D eigenvalue weighted by atomic mass is 10.0. The highest BCUT2D eigenvalue weighted by Crippen LogP contribution is 2.21. The van der Waals surface area contributed by atoms with E-state index in [0.717, 1.165) is 6.42 Å². The van der Waals surface area contributed by atoms with Crippen LogP contribution in [0.2, 0.25) is 5.15 Å². The van der Waals surface area contributed by atoms with Crippen LogP contribution < -0.4 is 0 Å². The van der Waals surface area contributed by atoms with E-state index in [2.05, 4.69) is 9.97 Å². The monoisotopic (exact) mass is 255 g/mol. The highest BCUT2D eigenvalue weighted by molar-refractivity contribution is 6.29. The standard InChI is InChI=1S/C11H14ClN3O2/c1-7(16)8-2-3-15(6-8)11(17)9-4-14-10(12)5-13-9/h4-5,7-8,16H,2-3,6H2,1H3. The van der Waals surface area contributed by atoms with Crippen molar-refractivity contribution in [3.63, 3.8) is 0 Å². The average Bonchev–Trinajstić information content (AvgIpc) is 2.78. The first-order chi connectivity index (χ1) is 8.08. The second kappa shape index (κ2) is 4.98. The summed E-state index contributed by atoms with van der Waals surface area (Å²) in [4.78, 5) is 21.5. The maximum Gasteiger partial charge on any atom is 0.274 e. The van der Waals surface area contributed by atoms with Gasteiger partial charge in [-0.15, -0.1) is 0 Å². The van der Waals surface area contributed by atoms with Gasteiger partial charge in [-0.2, -0.15) is 0 Å². The molecule has 1 amide bonds. The van der Waals surface area contributed by atoms with E-state index in [1.165, 1.54) is 12.4 Å². The minimum absolute atomic E-state index is 0.152. The fourth-order valence-corrected chi connectivity index (χ4v) is 2.05. The zero-order valence-electron chi connectivity index (χ0n) is 9.51. The third-order valence-electron chi connectivity index (χ3n) is 3.03. The topological polar surface area (TPSA) is 66.3 Å². The van der Waals surface area contributed by atoms with E-state index < -0.39 is 0 Å². The summed E-state index contributed by atoms with van der Waals surface area (Å²) in [6.07, 6.45) is 3.17. The van der Waals surface area contributed by atoms with Crippen LogP contribution in [0.5, 0.6) is 0 Å². The van der Waals surface area contributed by atoms with E-state index in [9.17, 15) is 9.90 Å². The molecule has 1 aliphatic rings. The Morgan fingerprint density at radius 1 is 1.59 bits per heavy atom. The minimum atomic E-state index is -0.385. The Morgan fingerprint density at radius 3 is 2.88 bits per heavy atom. The van der Waals surface area contributed by atoms with Crippen LogP contribution in [-0.4, -0.2) is 45.1 Å². The van der Waals surface area contributed by atoms with Crippen LogP contribution in [0.25, 0.3) is 0 Å². The molecule has 2 heterocycles. The summed E-state index contributed by atoms with van der Waals surface area (Å²) in [6.45, 7) is 2.97. The van der Waals surface area contributed by atoms with Crippen molar-refractivity contribution < 1.29 is 9.90 Å². The number of aliphatic hydroxyl groups is 1. The van der Waals surface area contributed by atoms with Gasteiger partial charge in [0.2, 0.25) is 0 Å². The van der Waals surface area contributed by atoms with Gasteiger partial charge in [-0.3, -0.25) is 4.79 Å². The number of halogens is 1. The van der Waals surface area contributed by atoms with Gasteiger partial charge >= 0.3 is 0 Å². The van der Waals surface area contributed by atoms with Gasteiger partial charge in [0.25, 0.3) is 5.91 Å². The van der Waals surface area contributed by atoms with Crippen molar-refractivity contribution in [2.75, 3.05) is 13.1 Å². The molecule has 1 aliphatic heterocycles. The molecule has 0 spiro atoms. The molecule has 6 heteroatoms. The lowest BCUT2D eigenvalue weighted by molar-refractivity contribution is 0.0756. The molecule has 17 heavy (non-hydrogen) atoms. The van der Waals surface area contributed by atoms with Crippen molar-refractivity contribution in [1.82, 2.24) is 14.9 Å². The van der Waals surface area contributed by atoms with Gasteiger partial charge in [-0.05, 0) is 13.3 Å². The Hall–Kier alpha value is -1.20. The van der Waals surface area contributed by atoms with E-state index in [0.29, 0.717) is 18.8 Å². The molecular weight excluding hydrogens is 242 g/mol. The lowest BCUT2D eigenvalue weighted by Gasteiger charge is -2.17. The molecule has 0 saturated carbocycles. The Bertz CT molecular complexity index is 408. The molecular formula is C11H14ClN3O2. The van der Waals surface area contributed by atoms with Gasteiger partial charge in [0.05, 0.1) is 18.5 Å². The molecule has 1 aromatic rings. The van der Waals surface area contributed by atoms with Gasteiger partial charge in [-0.1, -0.05) is 11.6 Å². The Labute approximate surface area is 104 Å². The van der Waals surface area contributed by atoms with Crippen molar-refractivity contribution in [3.05, 3.63) is 23.2 Å². The summed E-state index contributed by atoms with van der Waals surface area (Å²) in [7, 11) is 0. The second-order valence-corrected chi connectivity index (χ2v) is 4.65. The molecule has 2 atom stereocenters. The molecule has 1 aromatic heterocycles. The van der Waals surface area contributed by atoms with E-state index >= 15 is 0 Å². The summed E-state index contributed by atoms with van der Waals surface area (Å²) in [6, 6.07) is 0. The number of amides is 1. The fourth-order valence-electron chi connectivity index (χ4n) is 1.95. The number of aromatic nitrogens is 2. The van der Waals surface area contributed by atoms with Crippen molar-refractivity contribution in [1.29, 1.82) is 0 Å². The van der Waals surface area contributed by atoms with E-state index in [1.807, 2.05) is 0 Å². The minimum Gasteiger partial charge on any atom is -0.393 e. The molecule has 92 valence electrons. The summed E-state index contributed by atoms with van der Waals surface area (Å²) >= 11 is 5.61. The predicted molar refractivity (Wildman–Crippen MR) is 62.7 cm³/mol. The number of likely N-dealkylation sites (tertiary alicyclic amines) is 1. The molecule has 1 N–H and O–H groups in total. The fraction of sp³-hybridized carbons (Fsp3) is 0.545. The third-order valence-corrected chi connectivity index (χ3v) is 3.23. The van der Waals surface area contributed by atoms with Crippen LogP contribution in [0, 0.1) is 5.92 Å². The molecule has 0 aromatic carbocycles. The van der Waals surface area contributed by atoms with Gasteiger partial charge < -0.3 is 10.0 Å². The van der Waals surface area contributed by atoms with Gasteiger partial charge in [0.1, 0.15) is 10.8 Å². The van der Waals surface area contributed by atoms with Crippen LogP contribution >= 0.6 is 11.6 Å². The number of carbonyl (C=O) groups is 1. The zero-order valence-corrected chi connectivity index (χ0v) is 10.3. The van der Waals surface area contributed by atoms with E-state index in [1.54, 1.807) is 11.8 Å². The zero-order chi connectivity index (χ0) is 12.4. The SMILES string of the molecule is CC(O)C1CCN(C(=O)c2cnc(Cl)cn2)C1. The number of rotatable bonds is 2. The first-order valence-corrected chi connectivity index (χ1v) is 5.90. The maximum absolute atomic E-state index is 12.0. The Kier molecular flexibility index (Phi) is 3.59. The highest BCUT2D eigenvalue weighted by atomic mass is 35.5. The van der Waals surface area contributed by atoms with Crippen LogP contribution in [0.15, 0.2) is 12.4 Å². The second-order valence-electron chi connectivity index (χ2n) is 4.26. The average molecular weight is 256 g/mol. The number of hydrogen-bond acceptors (Lipinski definition) is 4. The number of aliphatic hydroxyl groups excluding tert-OH is 1. The maximum atomic E-state index is 12.0. The summed E-state index contributed by atoms with van der Waals surface area (Å²) in [5, 5.41) is 9.74. The van der Waals surface area contributed by atoms with Gasteiger partial charge in [0.15, 0.2) is 0 Å². The molecule has 2 unspecified atom stereocenters. The molecule has 1 saturated heterocycles. The first-order valence-electron chi connectivity index (χ1n) is 5.53. The smallest absolute Gasteiger partial charge is 0.274 e. The highest BCUT2D eigenvalue weighted by Gasteiger charge is 2.30. The number of hydrogen-bond donors (Lipinski definition) is 1. The van der Waals surface area contributed by atoms with Crippen molar-refractivity contribution in [3.8, 4) is 0 Å². The quantitative estimate of drug-likeness (QED) is 0.855. The van der Waals surface area contributed by atoms with Crippen molar-refractivity contribution in [2.24, 2.45) is 5.92 Å². The molecule has 5 nitrogen and oxygen atoms in total. The van der Waals surface area contributed by atoms with Gasteiger partial charge in [0, 0.05) is 19.0 Å². The molecule has 1 fully saturated rings. The van der Waals surface area contributed by atoms with Crippen LogP contribution in [0.3, 0.4) is 0 Å². The van der Waals surface area contributed by atoms with Gasteiger partial charge in [-0.25, -0.2) is 9.97 Å². The van der Waals surface area contributed by atoms with Crippen molar-refractivity contribution >= 4 is 17.5 Å². The summed E-state index contributed by atoms with van der Waals surface area (Å²) < 4.78 is 0. The summed E-state index contributed by atoms with van der Waals surface area (Å²) in [5.74, 6) is -0.00322. The van der Waals surface area contributed by atoms with Crippen molar-refractivity contribution in [2.45, 2.75) is 19.4 Å². The first kappa shape index (κ1) is 12.3. The number of nitrogens with zero attached hydrogens (tertiary/aromatic N) is 3. The van der Waals surface area contributed by atoms with Crippen LogP contribution in [0.1, 0.15) is 23.8 Å². The Balaban J connectivity index is 2.04. The summed E-state index contributed by atoms with van der Waals surface area (Å²) in [5.41, 5.74) is 0.292. The largest absolute Gasteiger partial charge is 0.393 e. The number of carbonyl (C=O) groups excluding carboxylic acids is 1. The third kappa shape index (κ3) is 2.73. The molecule has 0 bridgehead atoms. The predicted octanol–water partition coefficient (Wildman–Crippen LogP) is 0.973. The molecule has 0 aliphatic carbocycles. The van der Waals surface area contributed by atoms with E-state index in [4.69, 9.17) is 11.6 Å². The van der Waals surface area contributed by atoms with E-state index in [-0.39, 0.29) is 23.1 Å².